The monoisotopic (exact) mass is 432 g/mol. The van der Waals surface area contributed by atoms with Gasteiger partial charge >= 0.3 is 0 Å². The largest absolute Gasteiger partial charge is 0.507 e. The number of aliphatic hydroxyl groups is 1. The number of Topliss-reactive ketones (excluding diaryl/α,β-unsaturated/α-hetero) is 1. The molecule has 3 heterocycles. The lowest BCUT2D eigenvalue weighted by Gasteiger charge is -2.25. The summed E-state index contributed by atoms with van der Waals surface area (Å²) in [5.74, 6) is -0.969. The van der Waals surface area contributed by atoms with E-state index in [1.165, 1.54) is 4.90 Å². The Hall–Kier alpha value is -3.94. The van der Waals surface area contributed by atoms with Crippen LogP contribution in [-0.4, -0.2) is 43.6 Å². The Balaban J connectivity index is 1.90. The van der Waals surface area contributed by atoms with E-state index in [9.17, 15) is 14.7 Å². The molecule has 32 heavy (non-hydrogen) atoms. The summed E-state index contributed by atoms with van der Waals surface area (Å²) in [6, 6.07) is 9.97. The molecular weight excluding hydrogens is 408 g/mol. The molecular formula is C24H24N4O4. The van der Waals surface area contributed by atoms with E-state index < -0.39 is 17.7 Å². The van der Waals surface area contributed by atoms with Gasteiger partial charge in [0, 0.05) is 31.7 Å². The number of pyridine rings is 1. The molecule has 1 atom stereocenters. The normalized spacial score (nSPS) is 17.8. The van der Waals surface area contributed by atoms with Crippen LogP contribution < -0.4 is 4.74 Å². The number of aromatic nitrogens is 3. The van der Waals surface area contributed by atoms with Crippen LogP contribution in [0.25, 0.3) is 5.76 Å². The number of nitrogens with zero attached hydrogens (tertiary/aromatic N) is 4. The fourth-order valence-corrected chi connectivity index (χ4v) is 4.12. The molecule has 0 aliphatic carbocycles. The maximum Gasteiger partial charge on any atom is 0.295 e. The van der Waals surface area contributed by atoms with Gasteiger partial charge in [0.15, 0.2) is 0 Å². The predicted octanol–water partition coefficient (Wildman–Crippen LogP) is 3.06. The van der Waals surface area contributed by atoms with Crippen molar-refractivity contribution in [2.45, 2.75) is 26.4 Å². The van der Waals surface area contributed by atoms with Gasteiger partial charge in [-0.05, 0) is 43.2 Å². The molecule has 1 aliphatic rings. The van der Waals surface area contributed by atoms with Gasteiger partial charge in [0.25, 0.3) is 11.7 Å². The molecule has 0 saturated carbocycles. The molecule has 1 aromatic carbocycles. The Labute approximate surface area is 185 Å². The van der Waals surface area contributed by atoms with Gasteiger partial charge in [0.1, 0.15) is 11.5 Å². The Morgan fingerprint density at radius 1 is 1.16 bits per heavy atom. The topological polar surface area (TPSA) is 97.5 Å². The summed E-state index contributed by atoms with van der Waals surface area (Å²) >= 11 is 0. The van der Waals surface area contributed by atoms with E-state index in [0.717, 1.165) is 5.56 Å². The van der Waals surface area contributed by atoms with Gasteiger partial charge in [-0.25, -0.2) is 0 Å². The molecule has 1 amide bonds. The van der Waals surface area contributed by atoms with Crippen LogP contribution in [0, 0.1) is 13.8 Å². The van der Waals surface area contributed by atoms with Gasteiger partial charge in [-0.3, -0.25) is 19.3 Å². The highest BCUT2D eigenvalue weighted by molar-refractivity contribution is 6.46. The highest BCUT2D eigenvalue weighted by atomic mass is 16.5. The first-order chi connectivity index (χ1) is 15.3. The lowest BCUT2D eigenvalue weighted by molar-refractivity contribution is -0.140. The van der Waals surface area contributed by atoms with E-state index in [1.54, 1.807) is 68.5 Å². The van der Waals surface area contributed by atoms with Crippen molar-refractivity contribution < 1.29 is 19.4 Å². The zero-order valence-electron chi connectivity index (χ0n) is 18.4. The SMILES string of the molecule is COc1ccc(C2/C(=C(\O)c3c(C)nn(C)c3C)C(=O)C(=O)N2Cc2cccnc2)cc1. The highest BCUT2D eigenvalue weighted by Gasteiger charge is 2.46. The van der Waals surface area contributed by atoms with Crippen molar-refractivity contribution in [2.75, 3.05) is 7.11 Å². The smallest absolute Gasteiger partial charge is 0.295 e. The number of benzene rings is 1. The third kappa shape index (κ3) is 3.53. The van der Waals surface area contributed by atoms with Crippen molar-refractivity contribution in [1.29, 1.82) is 0 Å². The molecule has 8 nitrogen and oxygen atoms in total. The third-order valence-electron chi connectivity index (χ3n) is 5.79. The molecule has 1 unspecified atom stereocenters. The summed E-state index contributed by atoms with van der Waals surface area (Å²) in [5, 5.41) is 15.6. The average molecular weight is 432 g/mol. The number of rotatable bonds is 5. The molecule has 1 saturated heterocycles. The molecule has 3 aromatic rings. The molecule has 8 heteroatoms. The first-order valence-corrected chi connectivity index (χ1v) is 10.1. The number of likely N-dealkylation sites (tertiary alicyclic amines) is 1. The van der Waals surface area contributed by atoms with Gasteiger partial charge in [-0.2, -0.15) is 5.10 Å². The molecule has 164 valence electrons. The zero-order chi connectivity index (χ0) is 23.0. The van der Waals surface area contributed by atoms with E-state index in [-0.39, 0.29) is 17.9 Å². The molecule has 0 radical (unpaired) electrons. The number of aryl methyl sites for hydroxylation is 2. The van der Waals surface area contributed by atoms with Crippen LogP contribution >= 0.6 is 0 Å². The van der Waals surface area contributed by atoms with Crippen molar-refractivity contribution in [3.05, 3.63) is 82.4 Å². The van der Waals surface area contributed by atoms with Gasteiger partial charge in [0.2, 0.25) is 0 Å². The van der Waals surface area contributed by atoms with Crippen LogP contribution in [0.2, 0.25) is 0 Å². The number of aliphatic hydroxyl groups excluding tert-OH is 1. The van der Waals surface area contributed by atoms with Crippen LogP contribution in [0.4, 0.5) is 0 Å². The summed E-state index contributed by atoms with van der Waals surface area (Å²) in [7, 11) is 3.33. The molecule has 0 bridgehead atoms. The second-order valence-corrected chi connectivity index (χ2v) is 7.73. The van der Waals surface area contributed by atoms with Crippen LogP contribution in [0.3, 0.4) is 0 Å². The summed E-state index contributed by atoms with van der Waals surface area (Å²) in [4.78, 5) is 31.9. The fraction of sp³-hybridized carbons (Fsp3) is 0.250. The molecule has 1 aliphatic heterocycles. The van der Waals surface area contributed by atoms with Crippen molar-refractivity contribution in [3.63, 3.8) is 0 Å². The number of carbonyl (C=O) groups is 2. The van der Waals surface area contributed by atoms with Crippen LogP contribution in [0.15, 0.2) is 54.4 Å². The highest BCUT2D eigenvalue weighted by Crippen LogP contribution is 2.41. The number of hydrogen-bond acceptors (Lipinski definition) is 6. The van der Waals surface area contributed by atoms with E-state index in [0.29, 0.717) is 28.3 Å². The molecule has 2 aromatic heterocycles. The molecule has 4 rings (SSSR count). The van der Waals surface area contributed by atoms with Crippen molar-refractivity contribution >= 4 is 17.4 Å². The summed E-state index contributed by atoms with van der Waals surface area (Å²) < 4.78 is 6.88. The van der Waals surface area contributed by atoms with Crippen molar-refractivity contribution in [3.8, 4) is 5.75 Å². The third-order valence-corrected chi connectivity index (χ3v) is 5.79. The summed E-state index contributed by atoms with van der Waals surface area (Å²) in [6.07, 6.45) is 3.30. The minimum atomic E-state index is -0.764. The predicted molar refractivity (Wildman–Crippen MR) is 118 cm³/mol. The van der Waals surface area contributed by atoms with E-state index in [2.05, 4.69) is 10.1 Å². The second kappa shape index (κ2) is 8.30. The average Bonchev–Trinajstić information content (AvgIpc) is 3.20. The minimum Gasteiger partial charge on any atom is -0.507 e. The van der Waals surface area contributed by atoms with E-state index in [4.69, 9.17) is 4.74 Å². The summed E-state index contributed by atoms with van der Waals surface area (Å²) in [5.41, 5.74) is 3.26. The van der Waals surface area contributed by atoms with E-state index in [1.807, 2.05) is 13.0 Å². The van der Waals surface area contributed by atoms with Gasteiger partial charge < -0.3 is 14.7 Å². The van der Waals surface area contributed by atoms with Crippen LogP contribution in [-0.2, 0) is 23.2 Å². The minimum absolute atomic E-state index is 0.0447. The number of ether oxygens (including phenoxy) is 1. The Morgan fingerprint density at radius 3 is 2.44 bits per heavy atom. The van der Waals surface area contributed by atoms with Crippen molar-refractivity contribution in [2.24, 2.45) is 7.05 Å². The number of methoxy groups -OCH3 is 1. The number of carbonyl (C=O) groups excluding carboxylic acids is 2. The zero-order valence-corrected chi connectivity index (χ0v) is 18.4. The first-order valence-electron chi connectivity index (χ1n) is 10.1. The number of amides is 1. The number of ketones is 1. The Kier molecular flexibility index (Phi) is 5.52. The molecule has 1 fully saturated rings. The van der Waals surface area contributed by atoms with Crippen molar-refractivity contribution in [1.82, 2.24) is 19.7 Å². The second-order valence-electron chi connectivity index (χ2n) is 7.73. The van der Waals surface area contributed by atoms with Gasteiger partial charge in [0.05, 0.1) is 30.0 Å². The standard InChI is InChI=1S/C24H24N4O4/c1-14-19(15(2)27(3)26-14)22(29)20-21(17-7-9-18(32-4)10-8-17)28(24(31)23(20)30)13-16-6-5-11-25-12-16/h5-12,21,29H,13H2,1-4H3/b22-20+. The Bertz CT molecular complexity index is 1210. The first kappa shape index (κ1) is 21.3. The number of hydrogen-bond donors (Lipinski definition) is 1. The lowest BCUT2D eigenvalue weighted by atomic mass is 9.94. The molecule has 0 spiro atoms. The quantitative estimate of drug-likeness (QED) is 0.378. The van der Waals surface area contributed by atoms with Gasteiger partial charge in [-0.15, -0.1) is 0 Å². The lowest BCUT2D eigenvalue weighted by Crippen LogP contribution is -2.29. The summed E-state index contributed by atoms with van der Waals surface area (Å²) in [6.45, 7) is 3.75. The maximum absolute atomic E-state index is 13.2. The van der Waals surface area contributed by atoms with Gasteiger partial charge in [-0.1, -0.05) is 18.2 Å². The Morgan fingerprint density at radius 2 is 1.88 bits per heavy atom. The van der Waals surface area contributed by atoms with E-state index >= 15 is 0 Å². The maximum atomic E-state index is 13.2. The van der Waals surface area contributed by atoms with Crippen LogP contribution in [0.1, 0.15) is 34.1 Å². The fourth-order valence-electron chi connectivity index (χ4n) is 4.12. The molecule has 1 N–H and O–H groups in total. The van der Waals surface area contributed by atoms with Crippen LogP contribution in [0.5, 0.6) is 5.75 Å².